The zero-order chi connectivity index (χ0) is 12.4. The van der Waals surface area contributed by atoms with Gasteiger partial charge in [0, 0.05) is 16.2 Å². The minimum atomic E-state index is -0.257. The SMILES string of the molecule is CC(Cl)c1cnn(Cc2cc(F)cc(Br)c2)c1. The predicted octanol–water partition coefficient (Wildman–Crippen LogP) is 4.13. The van der Waals surface area contributed by atoms with Crippen LogP contribution < -0.4 is 0 Å². The van der Waals surface area contributed by atoms with Gasteiger partial charge in [0.15, 0.2) is 0 Å². The van der Waals surface area contributed by atoms with Crippen LogP contribution in [0.2, 0.25) is 0 Å². The topological polar surface area (TPSA) is 17.8 Å². The molecule has 0 bridgehead atoms. The van der Waals surface area contributed by atoms with E-state index in [1.54, 1.807) is 10.9 Å². The van der Waals surface area contributed by atoms with Crippen LogP contribution in [-0.2, 0) is 6.54 Å². The molecule has 0 radical (unpaired) electrons. The Balaban J connectivity index is 2.19. The van der Waals surface area contributed by atoms with E-state index in [2.05, 4.69) is 21.0 Å². The Bertz CT molecular complexity index is 505. The van der Waals surface area contributed by atoms with E-state index in [4.69, 9.17) is 11.6 Å². The lowest BCUT2D eigenvalue weighted by Crippen LogP contribution is -2.00. The number of halogens is 3. The van der Waals surface area contributed by atoms with Crippen LogP contribution >= 0.6 is 27.5 Å². The van der Waals surface area contributed by atoms with E-state index in [1.165, 1.54) is 12.1 Å². The molecule has 1 aromatic heterocycles. The van der Waals surface area contributed by atoms with Crippen molar-refractivity contribution in [2.24, 2.45) is 0 Å². The number of alkyl halides is 1. The van der Waals surface area contributed by atoms with Crippen LogP contribution in [0.25, 0.3) is 0 Å². The minimum Gasteiger partial charge on any atom is -0.268 e. The first-order valence-electron chi connectivity index (χ1n) is 5.16. The van der Waals surface area contributed by atoms with Crippen molar-refractivity contribution in [3.63, 3.8) is 0 Å². The van der Waals surface area contributed by atoms with E-state index < -0.39 is 0 Å². The van der Waals surface area contributed by atoms with Gasteiger partial charge >= 0.3 is 0 Å². The van der Waals surface area contributed by atoms with Crippen molar-refractivity contribution < 1.29 is 4.39 Å². The quantitative estimate of drug-likeness (QED) is 0.778. The summed E-state index contributed by atoms with van der Waals surface area (Å²) in [5.74, 6) is -0.257. The summed E-state index contributed by atoms with van der Waals surface area (Å²) in [6.07, 6.45) is 3.60. The number of hydrogen-bond donors (Lipinski definition) is 0. The zero-order valence-electron chi connectivity index (χ0n) is 9.20. The van der Waals surface area contributed by atoms with E-state index in [1.807, 2.05) is 19.2 Å². The van der Waals surface area contributed by atoms with E-state index in [9.17, 15) is 4.39 Å². The molecule has 5 heteroatoms. The standard InChI is InChI=1S/C12H11BrClFN2/c1-8(14)10-5-16-17(7-10)6-9-2-11(13)4-12(15)3-9/h2-5,7-8H,6H2,1H3. The van der Waals surface area contributed by atoms with Crippen LogP contribution in [0.5, 0.6) is 0 Å². The number of hydrogen-bond acceptors (Lipinski definition) is 1. The Morgan fingerprint density at radius 1 is 1.47 bits per heavy atom. The lowest BCUT2D eigenvalue weighted by molar-refractivity contribution is 0.618. The van der Waals surface area contributed by atoms with Crippen molar-refractivity contribution in [3.05, 3.63) is 52.0 Å². The summed E-state index contributed by atoms with van der Waals surface area (Å²) in [5.41, 5.74) is 1.82. The molecule has 0 saturated heterocycles. The van der Waals surface area contributed by atoms with Gasteiger partial charge in [0.2, 0.25) is 0 Å². The molecule has 0 fully saturated rings. The Hall–Kier alpha value is -0.870. The molecule has 17 heavy (non-hydrogen) atoms. The van der Waals surface area contributed by atoms with Crippen molar-refractivity contribution in [2.75, 3.05) is 0 Å². The maximum atomic E-state index is 13.2. The van der Waals surface area contributed by atoms with Gasteiger partial charge in [0.1, 0.15) is 5.82 Å². The van der Waals surface area contributed by atoms with Crippen molar-refractivity contribution in [1.29, 1.82) is 0 Å². The maximum absolute atomic E-state index is 13.2. The largest absolute Gasteiger partial charge is 0.268 e. The average Bonchev–Trinajstić information content (AvgIpc) is 2.64. The molecule has 0 amide bonds. The molecule has 2 rings (SSSR count). The van der Waals surface area contributed by atoms with Crippen LogP contribution in [0.3, 0.4) is 0 Å². The monoisotopic (exact) mass is 316 g/mol. The summed E-state index contributed by atoms with van der Waals surface area (Å²) in [6.45, 7) is 2.42. The van der Waals surface area contributed by atoms with E-state index >= 15 is 0 Å². The predicted molar refractivity (Wildman–Crippen MR) is 69.7 cm³/mol. The van der Waals surface area contributed by atoms with Crippen molar-refractivity contribution in [2.45, 2.75) is 18.8 Å². The molecule has 0 aliphatic rings. The summed E-state index contributed by atoms with van der Waals surface area (Å²) in [7, 11) is 0. The second kappa shape index (κ2) is 5.19. The number of rotatable bonds is 3. The first kappa shape index (κ1) is 12.6. The molecule has 0 spiro atoms. The summed E-state index contributed by atoms with van der Waals surface area (Å²) in [6, 6.07) is 4.80. The Morgan fingerprint density at radius 3 is 2.82 bits per heavy atom. The molecule has 1 unspecified atom stereocenters. The van der Waals surface area contributed by atoms with Gasteiger partial charge in [-0.05, 0) is 30.7 Å². The van der Waals surface area contributed by atoms with Gasteiger partial charge < -0.3 is 0 Å². The van der Waals surface area contributed by atoms with E-state index in [0.717, 1.165) is 15.6 Å². The van der Waals surface area contributed by atoms with Crippen molar-refractivity contribution in [1.82, 2.24) is 9.78 Å². The van der Waals surface area contributed by atoms with E-state index in [0.29, 0.717) is 6.54 Å². The Morgan fingerprint density at radius 2 is 2.24 bits per heavy atom. The molecule has 2 nitrogen and oxygen atoms in total. The highest BCUT2D eigenvalue weighted by Gasteiger charge is 2.05. The first-order chi connectivity index (χ1) is 8.04. The molecule has 1 aromatic carbocycles. The molecule has 0 aliphatic heterocycles. The van der Waals surface area contributed by atoms with Crippen LogP contribution in [0.4, 0.5) is 4.39 Å². The summed E-state index contributed by atoms with van der Waals surface area (Å²) in [5, 5.41) is 4.12. The van der Waals surface area contributed by atoms with Crippen molar-refractivity contribution >= 4 is 27.5 Å². The fourth-order valence-electron chi connectivity index (χ4n) is 1.56. The lowest BCUT2D eigenvalue weighted by atomic mass is 10.2. The molecule has 0 saturated carbocycles. The third-order valence-electron chi connectivity index (χ3n) is 2.38. The number of aromatic nitrogens is 2. The highest BCUT2D eigenvalue weighted by atomic mass is 79.9. The van der Waals surface area contributed by atoms with Gasteiger partial charge in [-0.25, -0.2) is 4.39 Å². The van der Waals surface area contributed by atoms with E-state index in [-0.39, 0.29) is 11.2 Å². The second-order valence-corrected chi connectivity index (χ2v) is 5.44. The lowest BCUT2D eigenvalue weighted by Gasteiger charge is -2.03. The molecule has 0 N–H and O–H groups in total. The minimum absolute atomic E-state index is 0.0667. The van der Waals surface area contributed by atoms with Gasteiger partial charge in [0.05, 0.1) is 18.1 Å². The summed E-state index contributed by atoms with van der Waals surface area (Å²) >= 11 is 9.21. The third kappa shape index (κ3) is 3.30. The van der Waals surface area contributed by atoms with Crippen LogP contribution in [0, 0.1) is 5.82 Å². The normalized spacial score (nSPS) is 12.7. The Labute approximate surface area is 113 Å². The molecule has 0 aliphatic carbocycles. The smallest absolute Gasteiger partial charge is 0.124 e. The van der Waals surface area contributed by atoms with Crippen molar-refractivity contribution in [3.8, 4) is 0 Å². The van der Waals surface area contributed by atoms with Gasteiger partial charge in [-0.15, -0.1) is 11.6 Å². The molecule has 1 atom stereocenters. The molecule has 2 aromatic rings. The van der Waals surface area contributed by atoms with Gasteiger partial charge in [-0.1, -0.05) is 15.9 Å². The maximum Gasteiger partial charge on any atom is 0.124 e. The van der Waals surface area contributed by atoms with Crippen LogP contribution in [0.1, 0.15) is 23.4 Å². The second-order valence-electron chi connectivity index (χ2n) is 3.86. The molecular weight excluding hydrogens is 307 g/mol. The average molecular weight is 318 g/mol. The van der Waals surface area contributed by atoms with Gasteiger partial charge in [-0.3, -0.25) is 4.68 Å². The first-order valence-corrected chi connectivity index (χ1v) is 6.39. The third-order valence-corrected chi connectivity index (χ3v) is 3.09. The zero-order valence-corrected chi connectivity index (χ0v) is 11.5. The van der Waals surface area contributed by atoms with Crippen LogP contribution in [0.15, 0.2) is 35.1 Å². The highest BCUT2D eigenvalue weighted by Crippen LogP contribution is 2.19. The van der Waals surface area contributed by atoms with Crippen LogP contribution in [-0.4, -0.2) is 9.78 Å². The highest BCUT2D eigenvalue weighted by molar-refractivity contribution is 9.10. The van der Waals surface area contributed by atoms with Gasteiger partial charge in [-0.2, -0.15) is 5.10 Å². The summed E-state index contributed by atoms with van der Waals surface area (Å²) in [4.78, 5) is 0. The number of benzene rings is 1. The fourth-order valence-corrected chi connectivity index (χ4v) is 2.19. The molecular formula is C12H11BrClFN2. The summed E-state index contributed by atoms with van der Waals surface area (Å²) < 4.78 is 15.7. The Kier molecular flexibility index (Phi) is 3.84. The van der Waals surface area contributed by atoms with Gasteiger partial charge in [0.25, 0.3) is 0 Å². The fraction of sp³-hybridized carbons (Fsp3) is 0.250. The molecule has 90 valence electrons. The molecule has 1 heterocycles. The number of nitrogens with zero attached hydrogens (tertiary/aromatic N) is 2.